The van der Waals surface area contributed by atoms with Crippen molar-refractivity contribution < 1.29 is 38.6 Å². The lowest BCUT2D eigenvalue weighted by Crippen LogP contribution is -2.59. The summed E-state index contributed by atoms with van der Waals surface area (Å²) in [6.45, 7) is 2.48. The highest BCUT2D eigenvalue weighted by atomic mass is 16.6. The van der Waals surface area contributed by atoms with Gasteiger partial charge in [0.1, 0.15) is 29.9 Å². The van der Waals surface area contributed by atoms with Gasteiger partial charge >= 0.3 is 18.0 Å². The number of aliphatic hydroxyl groups is 1. The second-order valence-electron chi connectivity index (χ2n) is 18.2. The van der Waals surface area contributed by atoms with Crippen LogP contribution in [0.5, 0.6) is 5.75 Å². The van der Waals surface area contributed by atoms with Crippen LogP contribution in [0.2, 0.25) is 0 Å². The molecule has 0 bridgehead atoms. The number of aliphatic hydroxyl groups excluding tert-OH is 1. The Morgan fingerprint density at radius 3 is 2.18 bits per heavy atom. The number of benzene rings is 5. The lowest BCUT2D eigenvalue weighted by atomic mass is 9.64. The van der Waals surface area contributed by atoms with Gasteiger partial charge in [0.15, 0.2) is 0 Å². The van der Waals surface area contributed by atoms with Crippen molar-refractivity contribution in [3.05, 3.63) is 185 Å². The number of amides is 6. The molecule has 1 spiro atoms. The van der Waals surface area contributed by atoms with Crippen LogP contribution >= 0.6 is 0 Å². The predicted molar refractivity (Wildman–Crippen MR) is 270 cm³/mol. The number of fused-ring (bicyclic) bond motifs is 3. The molecular formula is C56H53N9O8. The fraction of sp³-hybridized carbons (Fsp3) is 0.268. The standard InChI is InChI=1S/C56H53N9O8/c1-36(38-15-5-2-6-16-38)61-55(71)64-44-24-23-37(14-12-25-58-53(57)70)34-43(44)56(52(64)69)45(50(67)62-28-30-63(31-29-62)54-59-26-13-27-60-54)47-51(68)73-48(40-19-9-4-10-20-40)46(39-17-7-3-8-18-39)65(47)49(56)41-21-11-22-42(35-41)72-33-32-66/h2-11,13,15-24,26-27,34-36,45-49,66H,25,28-33H2,1H3,(H,61,71)(H3,57,58,70)/t36-,45-,46-,47-,48+,49+,56-/m1/s1. The third-order valence-corrected chi connectivity index (χ3v) is 14.1. The molecule has 0 saturated carbocycles. The van der Waals surface area contributed by atoms with Gasteiger partial charge in [-0.1, -0.05) is 115 Å². The summed E-state index contributed by atoms with van der Waals surface area (Å²) in [5, 5.41) is 15.4. The molecule has 5 heterocycles. The molecule has 0 radical (unpaired) electrons. The molecule has 0 unspecified atom stereocenters. The van der Waals surface area contributed by atoms with Crippen LogP contribution in [0.25, 0.3) is 0 Å². The zero-order valence-corrected chi connectivity index (χ0v) is 39.9. The van der Waals surface area contributed by atoms with E-state index in [9.17, 15) is 9.90 Å². The van der Waals surface area contributed by atoms with Crippen molar-refractivity contribution in [3.8, 4) is 17.6 Å². The molecule has 10 rings (SSSR count). The number of morpholine rings is 1. The van der Waals surface area contributed by atoms with E-state index in [4.69, 9.17) is 15.2 Å². The van der Waals surface area contributed by atoms with Crippen LogP contribution in [0, 0.1) is 17.8 Å². The molecule has 7 atom stereocenters. The van der Waals surface area contributed by atoms with Gasteiger partial charge in [0, 0.05) is 44.1 Å². The van der Waals surface area contributed by atoms with Gasteiger partial charge in [-0.3, -0.25) is 19.3 Å². The average Bonchev–Trinajstić information content (AvgIpc) is 3.91. The van der Waals surface area contributed by atoms with Crippen molar-refractivity contribution in [2.75, 3.05) is 55.7 Å². The van der Waals surface area contributed by atoms with Crippen LogP contribution < -0.4 is 30.9 Å². The number of aromatic nitrogens is 2. The minimum absolute atomic E-state index is 0.0380. The molecule has 6 amide bonds. The molecule has 17 heteroatoms. The van der Waals surface area contributed by atoms with Crippen LogP contribution in [0.15, 0.2) is 152 Å². The Kier molecular flexibility index (Phi) is 13.6. The van der Waals surface area contributed by atoms with Gasteiger partial charge in [0.25, 0.3) is 0 Å². The van der Waals surface area contributed by atoms with Gasteiger partial charge in [0.2, 0.25) is 17.8 Å². The number of rotatable bonds is 11. The predicted octanol–water partition coefficient (Wildman–Crippen LogP) is 5.35. The number of imide groups is 1. The summed E-state index contributed by atoms with van der Waals surface area (Å²) >= 11 is 0. The number of nitrogens with two attached hydrogens (primary N) is 1. The molecule has 3 fully saturated rings. The molecule has 17 nitrogen and oxygen atoms in total. The summed E-state index contributed by atoms with van der Waals surface area (Å²) in [5.74, 6) is 3.38. The first-order valence-electron chi connectivity index (χ1n) is 24.2. The second-order valence-corrected chi connectivity index (χ2v) is 18.2. The number of hydrogen-bond donors (Lipinski definition) is 4. The summed E-state index contributed by atoms with van der Waals surface area (Å²) < 4.78 is 12.7. The first-order valence-corrected chi connectivity index (χ1v) is 24.2. The summed E-state index contributed by atoms with van der Waals surface area (Å²) in [6.07, 6.45) is 2.36. The molecule has 3 saturated heterocycles. The Labute approximate surface area is 421 Å². The number of piperazine rings is 1. The Bertz CT molecular complexity index is 3080. The molecular weight excluding hydrogens is 927 g/mol. The number of primary amides is 1. The van der Waals surface area contributed by atoms with Gasteiger partial charge in [-0.2, -0.15) is 0 Å². The number of nitrogens with zero attached hydrogens (tertiary/aromatic N) is 6. The van der Waals surface area contributed by atoms with Crippen molar-refractivity contribution in [1.82, 2.24) is 30.4 Å². The SMILES string of the molecule is C[C@@H](NC(=O)N1C(=O)[C@@]2(c3cc(C#CCNC(N)=O)ccc31)[C@H](c1cccc(OCCO)c1)N1[C@H](c3ccccc3)[C@H](c3ccccc3)OC(=O)[C@H]1[C@@H]2C(=O)N1CCN(c2ncccn2)CC1)c1ccccc1. The minimum Gasteiger partial charge on any atom is -0.491 e. The second kappa shape index (κ2) is 20.6. The summed E-state index contributed by atoms with van der Waals surface area (Å²) in [6, 6.07) is 36.5. The number of anilines is 2. The maximum Gasteiger partial charge on any atom is 0.329 e. The van der Waals surface area contributed by atoms with Crippen molar-refractivity contribution in [1.29, 1.82) is 0 Å². The van der Waals surface area contributed by atoms with E-state index in [1.807, 2.05) is 114 Å². The van der Waals surface area contributed by atoms with E-state index >= 15 is 19.2 Å². The number of ether oxygens (including phenoxy) is 2. The Morgan fingerprint density at radius 2 is 1.49 bits per heavy atom. The highest BCUT2D eigenvalue weighted by Gasteiger charge is 2.76. The molecule has 1 aromatic heterocycles. The van der Waals surface area contributed by atoms with E-state index in [1.165, 1.54) is 0 Å². The molecule has 6 aromatic rings. The fourth-order valence-electron chi connectivity index (χ4n) is 11.0. The van der Waals surface area contributed by atoms with Crippen molar-refractivity contribution in [2.45, 2.75) is 42.6 Å². The van der Waals surface area contributed by atoms with Crippen LogP contribution in [-0.4, -0.2) is 107 Å². The number of hydrogen-bond acceptors (Lipinski definition) is 12. The summed E-state index contributed by atoms with van der Waals surface area (Å²) in [7, 11) is 0. The maximum absolute atomic E-state index is 16.8. The van der Waals surface area contributed by atoms with Crippen molar-refractivity contribution in [3.63, 3.8) is 0 Å². The van der Waals surface area contributed by atoms with Crippen LogP contribution in [0.1, 0.15) is 64.5 Å². The maximum atomic E-state index is 16.8. The van der Waals surface area contributed by atoms with E-state index in [-0.39, 0.29) is 44.1 Å². The number of carbonyl (C=O) groups excluding carboxylic acids is 5. The fourth-order valence-corrected chi connectivity index (χ4v) is 11.0. The molecule has 4 aliphatic rings. The lowest BCUT2D eigenvalue weighted by molar-refractivity contribution is -0.179. The Hall–Kier alpha value is -8.59. The topological polar surface area (TPSA) is 213 Å². The van der Waals surface area contributed by atoms with Crippen LogP contribution in [-0.2, 0) is 24.5 Å². The highest BCUT2D eigenvalue weighted by molar-refractivity contribution is 6.24. The normalized spacial score (nSPS) is 22.6. The van der Waals surface area contributed by atoms with Gasteiger partial charge in [-0.15, -0.1) is 0 Å². The number of esters is 1. The number of nitrogens with one attached hydrogen (secondary N) is 2. The number of carbonyl (C=O) groups is 5. The zero-order chi connectivity index (χ0) is 50.6. The van der Waals surface area contributed by atoms with E-state index < -0.39 is 71.5 Å². The third kappa shape index (κ3) is 8.96. The smallest absolute Gasteiger partial charge is 0.329 e. The zero-order valence-electron chi connectivity index (χ0n) is 39.9. The minimum atomic E-state index is -2.07. The van der Waals surface area contributed by atoms with Gasteiger partial charge in [-0.05, 0) is 71.1 Å². The Balaban J connectivity index is 1.24. The number of urea groups is 2. The van der Waals surface area contributed by atoms with E-state index in [0.717, 1.165) is 16.0 Å². The van der Waals surface area contributed by atoms with Crippen LogP contribution in [0.4, 0.5) is 21.2 Å². The summed E-state index contributed by atoms with van der Waals surface area (Å²) in [5.41, 5.74) is 6.86. The van der Waals surface area contributed by atoms with E-state index in [0.29, 0.717) is 41.5 Å². The molecule has 5 N–H and O–H groups in total. The van der Waals surface area contributed by atoms with Crippen molar-refractivity contribution in [2.24, 2.45) is 11.7 Å². The largest absolute Gasteiger partial charge is 0.491 e. The number of cyclic esters (lactones) is 1. The molecule has 4 aliphatic heterocycles. The first kappa shape index (κ1) is 48.1. The third-order valence-electron chi connectivity index (χ3n) is 14.1. The van der Waals surface area contributed by atoms with E-state index in [1.54, 1.807) is 59.8 Å². The first-order chi connectivity index (χ1) is 35.6. The summed E-state index contributed by atoms with van der Waals surface area (Å²) in [4.78, 5) is 91.3. The van der Waals surface area contributed by atoms with Crippen molar-refractivity contribution >= 4 is 41.5 Å². The van der Waals surface area contributed by atoms with Gasteiger partial charge in [-0.25, -0.2) is 24.5 Å². The molecule has 5 aromatic carbocycles. The van der Waals surface area contributed by atoms with E-state index in [2.05, 4.69) is 32.4 Å². The lowest BCUT2D eigenvalue weighted by Gasteiger charge is -2.46. The highest BCUT2D eigenvalue weighted by Crippen LogP contribution is 2.66. The molecule has 370 valence electrons. The van der Waals surface area contributed by atoms with Gasteiger partial charge in [0.05, 0.1) is 42.9 Å². The monoisotopic (exact) mass is 979 g/mol. The molecule has 0 aliphatic carbocycles. The quantitative estimate of drug-likeness (QED) is 0.0956. The average molecular weight is 980 g/mol. The van der Waals surface area contributed by atoms with Gasteiger partial charge < -0.3 is 40.7 Å². The Morgan fingerprint density at radius 1 is 0.822 bits per heavy atom. The molecule has 73 heavy (non-hydrogen) atoms. The van der Waals surface area contributed by atoms with Crippen LogP contribution in [0.3, 0.4) is 0 Å².